The van der Waals surface area contributed by atoms with E-state index in [4.69, 9.17) is 4.74 Å². The minimum Gasteiger partial charge on any atom is -0.384 e. The van der Waals surface area contributed by atoms with Gasteiger partial charge in [0.25, 0.3) is 0 Å². The van der Waals surface area contributed by atoms with Gasteiger partial charge in [0.05, 0.1) is 18.4 Å². The molecule has 1 N–H and O–H groups in total. The number of methoxy groups -OCH3 is 1. The van der Waals surface area contributed by atoms with Crippen LogP contribution in [0.25, 0.3) is 0 Å². The molecule has 0 radical (unpaired) electrons. The van der Waals surface area contributed by atoms with Crippen LogP contribution < -0.4 is 5.32 Å². The zero-order valence-electron chi connectivity index (χ0n) is 12.9. The van der Waals surface area contributed by atoms with Gasteiger partial charge < -0.3 is 10.1 Å². The van der Waals surface area contributed by atoms with Gasteiger partial charge in [0, 0.05) is 12.0 Å². The first-order chi connectivity index (χ1) is 9.65. The standard InChI is InChI=1S/C14H23NO4S2/c1-14(2,3)13(11-6-5-8-20-11)15-12(16)10-21(17,18)9-7-19-4/h5-6,8,13H,7,9-10H2,1-4H3,(H,15,16). The minimum atomic E-state index is -3.44. The lowest BCUT2D eigenvalue weighted by molar-refractivity contribution is -0.120. The van der Waals surface area contributed by atoms with E-state index in [9.17, 15) is 13.2 Å². The lowest BCUT2D eigenvalue weighted by Crippen LogP contribution is -2.39. The molecule has 0 aliphatic heterocycles. The molecule has 0 fully saturated rings. The SMILES string of the molecule is COCCS(=O)(=O)CC(=O)NC(c1cccs1)C(C)(C)C. The van der Waals surface area contributed by atoms with E-state index in [1.165, 1.54) is 7.11 Å². The number of ether oxygens (including phenoxy) is 1. The van der Waals surface area contributed by atoms with Crippen molar-refractivity contribution in [1.29, 1.82) is 0 Å². The Hall–Kier alpha value is -0.920. The number of amides is 1. The van der Waals surface area contributed by atoms with Gasteiger partial charge in [-0.15, -0.1) is 11.3 Å². The van der Waals surface area contributed by atoms with Gasteiger partial charge in [-0.3, -0.25) is 4.79 Å². The Balaban J connectivity index is 2.75. The first kappa shape index (κ1) is 18.1. The van der Waals surface area contributed by atoms with E-state index in [1.54, 1.807) is 11.3 Å². The van der Waals surface area contributed by atoms with Crippen molar-refractivity contribution in [3.05, 3.63) is 22.4 Å². The zero-order chi connectivity index (χ0) is 16.1. The fourth-order valence-corrected chi connectivity index (χ4v) is 3.92. The maximum Gasteiger partial charge on any atom is 0.235 e. The number of rotatable bonds is 7. The molecule has 21 heavy (non-hydrogen) atoms. The quantitative estimate of drug-likeness (QED) is 0.828. The van der Waals surface area contributed by atoms with Crippen molar-refractivity contribution in [2.75, 3.05) is 25.2 Å². The molecule has 1 aromatic rings. The molecule has 0 saturated carbocycles. The average Bonchev–Trinajstić information content (AvgIpc) is 2.85. The third-order valence-electron chi connectivity index (χ3n) is 2.95. The summed E-state index contributed by atoms with van der Waals surface area (Å²) >= 11 is 1.55. The van der Waals surface area contributed by atoms with Crippen LogP contribution in [0.1, 0.15) is 31.7 Å². The molecular formula is C14H23NO4S2. The van der Waals surface area contributed by atoms with Crippen LogP contribution in [0.3, 0.4) is 0 Å². The lowest BCUT2D eigenvalue weighted by atomic mass is 9.86. The normalized spacial score (nSPS) is 13.9. The molecule has 0 aliphatic rings. The third kappa shape index (κ3) is 6.15. The second kappa shape index (κ2) is 7.38. The molecule has 0 bridgehead atoms. The van der Waals surface area contributed by atoms with Crippen LogP contribution >= 0.6 is 11.3 Å². The van der Waals surface area contributed by atoms with Crippen LogP contribution in [-0.4, -0.2) is 39.5 Å². The van der Waals surface area contributed by atoms with E-state index in [0.29, 0.717) is 0 Å². The summed E-state index contributed by atoms with van der Waals surface area (Å²) in [6.07, 6.45) is 0. The summed E-state index contributed by atoms with van der Waals surface area (Å²) in [7, 11) is -2.00. The van der Waals surface area contributed by atoms with Crippen LogP contribution in [-0.2, 0) is 19.4 Å². The highest BCUT2D eigenvalue weighted by atomic mass is 32.2. The number of sulfone groups is 1. The Labute approximate surface area is 130 Å². The van der Waals surface area contributed by atoms with Crippen molar-refractivity contribution in [2.24, 2.45) is 5.41 Å². The zero-order valence-corrected chi connectivity index (χ0v) is 14.5. The molecular weight excluding hydrogens is 310 g/mol. The number of hydrogen-bond acceptors (Lipinski definition) is 5. The maximum atomic E-state index is 12.0. The molecule has 1 rings (SSSR count). The predicted octanol–water partition coefficient (Wildman–Crippen LogP) is 2.01. The van der Waals surface area contributed by atoms with Gasteiger partial charge in [-0.25, -0.2) is 8.42 Å². The van der Waals surface area contributed by atoms with Crippen LogP contribution in [0.2, 0.25) is 0 Å². The molecule has 5 nitrogen and oxygen atoms in total. The largest absolute Gasteiger partial charge is 0.384 e. The van der Waals surface area contributed by atoms with E-state index < -0.39 is 21.5 Å². The van der Waals surface area contributed by atoms with Gasteiger partial charge in [-0.2, -0.15) is 0 Å². The molecule has 120 valence electrons. The van der Waals surface area contributed by atoms with Gasteiger partial charge in [-0.05, 0) is 16.9 Å². The van der Waals surface area contributed by atoms with Crippen molar-refractivity contribution in [1.82, 2.24) is 5.32 Å². The van der Waals surface area contributed by atoms with Gasteiger partial charge in [0.1, 0.15) is 5.75 Å². The highest BCUT2D eigenvalue weighted by Gasteiger charge is 2.29. The molecule has 1 heterocycles. The molecule has 0 aliphatic carbocycles. The van der Waals surface area contributed by atoms with Crippen LogP contribution in [0.15, 0.2) is 17.5 Å². The van der Waals surface area contributed by atoms with Crippen LogP contribution in [0, 0.1) is 5.41 Å². The minimum absolute atomic E-state index is 0.100. The molecule has 1 atom stereocenters. The second-order valence-electron chi connectivity index (χ2n) is 5.97. The molecule has 0 aromatic carbocycles. The summed E-state index contributed by atoms with van der Waals surface area (Å²) in [6, 6.07) is 3.66. The summed E-state index contributed by atoms with van der Waals surface area (Å²) in [5.74, 6) is -1.12. The third-order valence-corrected chi connectivity index (χ3v) is 5.38. The fourth-order valence-electron chi connectivity index (χ4n) is 1.85. The monoisotopic (exact) mass is 333 g/mol. The van der Waals surface area contributed by atoms with E-state index >= 15 is 0 Å². The first-order valence-corrected chi connectivity index (χ1v) is 9.38. The Kier molecular flexibility index (Phi) is 6.37. The van der Waals surface area contributed by atoms with E-state index in [1.807, 2.05) is 38.3 Å². The molecule has 1 unspecified atom stereocenters. The van der Waals surface area contributed by atoms with Crippen molar-refractivity contribution in [2.45, 2.75) is 26.8 Å². The van der Waals surface area contributed by atoms with Gasteiger partial charge >= 0.3 is 0 Å². The number of thiophene rings is 1. The van der Waals surface area contributed by atoms with Crippen molar-refractivity contribution in [3.8, 4) is 0 Å². The van der Waals surface area contributed by atoms with Gasteiger partial charge in [-0.1, -0.05) is 26.8 Å². The summed E-state index contributed by atoms with van der Waals surface area (Å²) in [5, 5.41) is 4.78. The van der Waals surface area contributed by atoms with E-state index in [2.05, 4.69) is 5.32 Å². The van der Waals surface area contributed by atoms with Crippen LogP contribution in [0.5, 0.6) is 0 Å². The second-order valence-corrected chi connectivity index (χ2v) is 9.13. The number of carbonyl (C=O) groups is 1. The van der Waals surface area contributed by atoms with Crippen molar-refractivity contribution >= 4 is 27.1 Å². The molecule has 0 spiro atoms. The van der Waals surface area contributed by atoms with E-state index in [0.717, 1.165) is 4.88 Å². The number of hydrogen-bond donors (Lipinski definition) is 1. The number of nitrogens with one attached hydrogen (secondary N) is 1. The summed E-state index contributed by atoms with van der Waals surface area (Å²) in [5.41, 5.74) is -0.198. The Morgan fingerprint density at radius 1 is 1.43 bits per heavy atom. The Morgan fingerprint density at radius 2 is 2.10 bits per heavy atom. The van der Waals surface area contributed by atoms with Gasteiger partial charge in [0.15, 0.2) is 9.84 Å². The highest BCUT2D eigenvalue weighted by Crippen LogP contribution is 2.35. The maximum absolute atomic E-state index is 12.0. The Morgan fingerprint density at radius 3 is 2.57 bits per heavy atom. The van der Waals surface area contributed by atoms with Gasteiger partial charge in [0.2, 0.25) is 5.91 Å². The summed E-state index contributed by atoms with van der Waals surface area (Å²) < 4.78 is 28.3. The van der Waals surface area contributed by atoms with E-state index in [-0.39, 0.29) is 23.8 Å². The fraction of sp³-hybridized carbons (Fsp3) is 0.643. The number of carbonyl (C=O) groups excluding carboxylic acids is 1. The smallest absolute Gasteiger partial charge is 0.235 e. The van der Waals surface area contributed by atoms with Crippen LogP contribution in [0.4, 0.5) is 0 Å². The Bertz CT molecular complexity index is 544. The first-order valence-electron chi connectivity index (χ1n) is 6.68. The molecule has 1 aromatic heterocycles. The molecule has 7 heteroatoms. The predicted molar refractivity (Wildman–Crippen MR) is 85.2 cm³/mol. The summed E-state index contributed by atoms with van der Waals surface area (Å²) in [4.78, 5) is 13.1. The highest BCUT2D eigenvalue weighted by molar-refractivity contribution is 7.92. The lowest BCUT2D eigenvalue weighted by Gasteiger charge is -2.30. The molecule has 0 saturated heterocycles. The average molecular weight is 333 g/mol. The summed E-state index contributed by atoms with van der Waals surface area (Å²) in [6.45, 7) is 6.13. The van der Waals surface area contributed by atoms with Crippen molar-refractivity contribution in [3.63, 3.8) is 0 Å². The topological polar surface area (TPSA) is 72.5 Å². The molecule has 1 amide bonds. The van der Waals surface area contributed by atoms with Crippen molar-refractivity contribution < 1.29 is 17.9 Å².